The Morgan fingerprint density at radius 2 is 1.76 bits per heavy atom. The molecule has 0 saturated carbocycles. The Labute approximate surface area is 151 Å². The molecule has 0 aliphatic heterocycles. The van der Waals surface area contributed by atoms with Crippen LogP contribution in [0.3, 0.4) is 0 Å². The number of hydrogen-bond donors (Lipinski definition) is 2. The summed E-state index contributed by atoms with van der Waals surface area (Å²) >= 11 is 5.89. The SMILES string of the molecule is CC(C)Oc1ccccc1Nc1nncc(Nc2ccc(Cl)cc2)n1. The molecule has 25 heavy (non-hydrogen) atoms. The Balaban J connectivity index is 1.77. The highest BCUT2D eigenvalue weighted by Gasteiger charge is 2.08. The van der Waals surface area contributed by atoms with Gasteiger partial charge in [0, 0.05) is 10.7 Å². The van der Waals surface area contributed by atoms with Crippen molar-refractivity contribution in [1.82, 2.24) is 15.2 Å². The van der Waals surface area contributed by atoms with E-state index in [1.807, 2.05) is 50.2 Å². The van der Waals surface area contributed by atoms with Crippen molar-refractivity contribution in [2.24, 2.45) is 0 Å². The third-order valence-corrected chi connectivity index (χ3v) is 3.42. The van der Waals surface area contributed by atoms with Crippen molar-refractivity contribution >= 4 is 34.7 Å². The zero-order valence-corrected chi connectivity index (χ0v) is 14.7. The first-order valence-corrected chi connectivity index (χ1v) is 8.23. The van der Waals surface area contributed by atoms with E-state index < -0.39 is 0 Å². The number of halogens is 1. The van der Waals surface area contributed by atoms with E-state index in [0.717, 1.165) is 17.1 Å². The van der Waals surface area contributed by atoms with Crippen LogP contribution in [0.25, 0.3) is 0 Å². The van der Waals surface area contributed by atoms with Gasteiger partial charge >= 0.3 is 0 Å². The van der Waals surface area contributed by atoms with Gasteiger partial charge in [0.2, 0.25) is 5.95 Å². The summed E-state index contributed by atoms with van der Waals surface area (Å²) in [7, 11) is 0. The Morgan fingerprint density at radius 3 is 2.52 bits per heavy atom. The van der Waals surface area contributed by atoms with Crippen molar-refractivity contribution in [2.45, 2.75) is 20.0 Å². The first-order chi connectivity index (χ1) is 12.1. The molecule has 0 bridgehead atoms. The third kappa shape index (κ3) is 4.81. The largest absolute Gasteiger partial charge is 0.489 e. The standard InChI is InChI=1S/C18H18ClN5O/c1-12(2)25-16-6-4-3-5-15(16)22-18-23-17(11-20-24-18)21-14-9-7-13(19)8-10-14/h3-12H,1-2H3,(H2,21,22,23,24). The van der Waals surface area contributed by atoms with E-state index >= 15 is 0 Å². The molecule has 2 N–H and O–H groups in total. The first kappa shape index (κ1) is 17.0. The molecule has 6 nitrogen and oxygen atoms in total. The van der Waals surface area contributed by atoms with Crippen LogP contribution in [0.1, 0.15) is 13.8 Å². The number of benzene rings is 2. The lowest BCUT2D eigenvalue weighted by atomic mass is 10.3. The minimum Gasteiger partial charge on any atom is -0.489 e. The normalized spacial score (nSPS) is 10.6. The molecule has 1 heterocycles. The van der Waals surface area contributed by atoms with Crippen molar-refractivity contribution in [3.8, 4) is 5.75 Å². The summed E-state index contributed by atoms with van der Waals surface area (Å²) in [6.45, 7) is 3.96. The van der Waals surface area contributed by atoms with Crippen LogP contribution in [-0.2, 0) is 0 Å². The van der Waals surface area contributed by atoms with Gasteiger partial charge in [-0.3, -0.25) is 0 Å². The molecule has 0 atom stereocenters. The molecule has 0 fully saturated rings. The average Bonchev–Trinajstić information content (AvgIpc) is 2.59. The van der Waals surface area contributed by atoms with Gasteiger partial charge in [-0.05, 0) is 50.2 Å². The zero-order chi connectivity index (χ0) is 17.6. The number of ether oxygens (including phenoxy) is 1. The fraction of sp³-hybridized carbons (Fsp3) is 0.167. The van der Waals surface area contributed by atoms with Crippen molar-refractivity contribution in [3.63, 3.8) is 0 Å². The van der Waals surface area contributed by atoms with Crippen LogP contribution in [0, 0.1) is 0 Å². The van der Waals surface area contributed by atoms with Crippen LogP contribution >= 0.6 is 11.6 Å². The Morgan fingerprint density at radius 1 is 1.00 bits per heavy atom. The van der Waals surface area contributed by atoms with Crippen LogP contribution in [0.5, 0.6) is 5.75 Å². The minimum atomic E-state index is 0.0694. The average molecular weight is 356 g/mol. The monoisotopic (exact) mass is 355 g/mol. The van der Waals surface area contributed by atoms with E-state index in [1.165, 1.54) is 0 Å². The summed E-state index contributed by atoms with van der Waals surface area (Å²) in [4.78, 5) is 4.42. The number of anilines is 4. The second-order valence-corrected chi connectivity index (χ2v) is 6.02. The molecule has 128 valence electrons. The Bertz CT molecular complexity index is 839. The Hall–Kier alpha value is -2.86. The smallest absolute Gasteiger partial charge is 0.249 e. The molecular formula is C18H18ClN5O. The van der Waals surface area contributed by atoms with Crippen LogP contribution in [0.15, 0.2) is 54.7 Å². The van der Waals surface area contributed by atoms with Crippen molar-refractivity contribution in [3.05, 3.63) is 59.8 Å². The minimum absolute atomic E-state index is 0.0694. The first-order valence-electron chi connectivity index (χ1n) is 7.85. The summed E-state index contributed by atoms with van der Waals surface area (Å²) in [5, 5.41) is 15.0. The van der Waals surface area contributed by atoms with E-state index in [9.17, 15) is 0 Å². The van der Waals surface area contributed by atoms with Crippen LogP contribution in [0.2, 0.25) is 5.02 Å². The van der Waals surface area contributed by atoms with E-state index in [0.29, 0.717) is 16.8 Å². The highest BCUT2D eigenvalue weighted by atomic mass is 35.5. The molecule has 0 unspecified atom stereocenters. The van der Waals surface area contributed by atoms with Gasteiger partial charge in [0.25, 0.3) is 0 Å². The number of aromatic nitrogens is 3. The molecule has 3 rings (SSSR count). The molecule has 0 aliphatic rings. The van der Waals surface area contributed by atoms with E-state index in [2.05, 4.69) is 25.8 Å². The predicted molar refractivity (Wildman–Crippen MR) is 100 cm³/mol. The number of rotatable bonds is 6. The van der Waals surface area contributed by atoms with Gasteiger partial charge in [0.05, 0.1) is 18.0 Å². The van der Waals surface area contributed by atoms with E-state index in [-0.39, 0.29) is 6.10 Å². The van der Waals surface area contributed by atoms with Crippen molar-refractivity contribution in [1.29, 1.82) is 0 Å². The molecule has 2 aromatic carbocycles. The molecule has 0 saturated heterocycles. The number of para-hydroxylation sites is 2. The van der Waals surface area contributed by atoms with Gasteiger partial charge in [0.15, 0.2) is 5.82 Å². The van der Waals surface area contributed by atoms with Gasteiger partial charge in [-0.2, -0.15) is 10.1 Å². The maximum Gasteiger partial charge on any atom is 0.249 e. The van der Waals surface area contributed by atoms with Crippen LogP contribution in [-0.4, -0.2) is 21.3 Å². The highest BCUT2D eigenvalue weighted by Crippen LogP contribution is 2.27. The summed E-state index contributed by atoms with van der Waals surface area (Å²) < 4.78 is 5.79. The van der Waals surface area contributed by atoms with Crippen LogP contribution in [0.4, 0.5) is 23.1 Å². The third-order valence-electron chi connectivity index (χ3n) is 3.17. The zero-order valence-electron chi connectivity index (χ0n) is 13.9. The summed E-state index contributed by atoms with van der Waals surface area (Å²) in [5.41, 5.74) is 1.64. The second kappa shape index (κ2) is 7.81. The summed E-state index contributed by atoms with van der Waals surface area (Å²) in [6, 6.07) is 15.0. The maximum atomic E-state index is 5.89. The topological polar surface area (TPSA) is 72.0 Å². The molecule has 0 radical (unpaired) electrons. The molecule has 3 aromatic rings. The maximum absolute atomic E-state index is 5.89. The lowest BCUT2D eigenvalue weighted by Gasteiger charge is -2.14. The number of hydrogen-bond acceptors (Lipinski definition) is 6. The molecule has 1 aromatic heterocycles. The second-order valence-electron chi connectivity index (χ2n) is 5.58. The van der Waals surface area contributed by atoms with E-state index in [4.69, 9.17) is 16.3 Å². The highest BCUT2D eigenvalue weighted by molar-refractivity contribution is 6.30. The lowest BCUT2D eigenvalue weighted by Crippen LogP contribution is -2.08. The molecule has 0 spiro atoms. The quantitative estimate of drug-likeness (QED) is 0.661. The fourth-order valence-corrected chi connectivity index (χ4v) is 2.27. The summed E-state index contributed by atoms with van der Waals surface area (Å²) in [5.74, 6) is 1.68. The molecular weight excluding hydrogens is 338 g/mol. The molecule has 0 aliphatic carbocycles. The van der Waals surface area contributed by atoms with Crippen molar-refractivity contribution in [2.75, 3.05) is 10.6 Å². The van der Waals surface area contributed by atoms with Gasteiger partial charge < -0.3 is 15.4 Å². The predicted octanol–water partition coefficient (Wildman–Crippen LogP) is 4.80. The lowest BCUT2D eigenvalue weighted by molar-refractivity contribution is 0.244. The van der Waals surface area contributed by atoms with Crippen molar-refractivity contribution < 1.29 is 4.74 Å². The van der Waals surface area contributed by atoms with Gasteiger partial charge in [-0.1, -0.05) is 23.7 Å². The number of nitrogens with zero attached hydrogens (tertiary/aromatic N) is 3. The van der Waals surface area contributed by atoms with E-state index in [1.54, 1.807) is 18.3 Å². The van der Waals surface area contributed by atoms with Gasteiger partial charge in [-0.25, -0.2) is 0 Å². The molecule has 7 heteroatoms. The van der Waals surface area contributed by atoms with Gasteiger partial charge in [-0.15, -0.1) is 5.10 Å². The number of nitrogens with one attached hydrogen (secondary N) is 2. The molecule has 0 amide bonds. The van der Waals surface area contributed by atoms with Gasteiger partial charge in [0.1, 0.15) is 5.75 Å². The fourth-order valence-electron chi connectivity index (χ4n) is 2.14. The summed E-state index contributed by atoms with van der Waals surface area (Å²) in [6.07, 6.45) is 1.62. The van der Waals surface area contributed by atoms with Crippen LogP contribution < -0.4 is 15.4 Å². The Kier molecular flexibility index (Phi) is 5.30.